The van der Waals surface area contributed by atoms with Crippen molar-refractivity contribution in [3.8, 4) is 0 Å². The van der Waals surface area contributed by atoms with Crippen LogP contribution in [-0.2, 0) is 0 Å². The predicted molar refractivity (Wildman–Crippen MR) is 98.2 cm³/mol. The molecule has 1 saturated heterocycles. The highest BCUT2D eigenvalue weighted by molar-refractivity contribution is 6.33. The molecule has 1 atom stereocenters. The van der Waals surface area contributed by atoms with Gasteiger partial charge in [0, 0.05) is 17.8 Å². The van der Waals surface area contributed by atoms with Gasteiger partial charge in [0.15, 0.2) is 0 Å². The summed E-state index contributed by atoms with van der Waals surface area (Å²) in [6.07, 6.45) is 3.39. The summed E-state index contributed by atoms with van der Waals surface area (Å²) < 4.78 is 0. The number of aromatic nitrogens is 3. The fraction of sp³-hybridized carbons (Fsp3) is 0.235. The van der Waals surface area contributed by atoms with Crippen LogP contribution >= 0.6 is 23.2 Å². The van der Waals surface area contributed by atoms with Gasteiger partial charge in [0.25, 0.3) is 0 Å². The summed E-state index contributed by atoms with van der Waals surface area (Å²) in [5.41, 5.74) is 7.35. The van der Waals surface area contributed by atoms with Crippen LogP contribution in [0.5, 0.6) is 0 Å². The number of carbonyl (C=O) groups excluding carboxylic acids is 1. The number of hydrogen-bond donors (Lipinski definition) is 2. The van der Waals surface area contributed by atoms with Gasteiger partial charge in [-0.25, -0.2) is 9.97 Å². The second-order valence-electron chi connectivity index (χ2n) is 6.03. The number of nitrogens with two attached hydrogens (primary N) is 1. The molecule has 1 unspecified atom stereocenters. The van der Waals surface area contributed by atoms with Gasteiger partial charge < -0.3 is 15.6 Å². The largest absolute Gasteiger partial charge is 0.366 e. The average molecular weight is 376 g/mol. The second kappa shape index (κ2) is 6.20. The molecule has 8 heteroatoms. The SMILES string of the molecule is NC(=O)c1cnc(N2CCCC2c2nc3ccc(Cl)cc3[nH]2)c(Cl)c1. The lowest BCUT2D eigenvalue weighted by atomic mass is 10.2. The molecule has 0 saturated carbocycles. The summed E-state index contributed by atoms with van der Waals surface area (Å²) in [6.45, 7) is 0.811. The summed E-state index contributed by atoms with van der Waals surface area (Å²) in [5.74, 6) is 0.937. The molecule has 6 nitrogen and oxygen atoms in total. The minimum Gasteiger partial charge on any atom is -0.366 e. The van der Waals surface area contributed by atoms with E-state index in [0.29, 0.717) is 21.4 Å². The van der Waals surface area contributed by atoms with E-state index < -0.39 is 5.91 Å². The van der Waals surface area contributed by atoms with Crippen molar-refractivity contribution in [1.82, 2.24) is 15.0 Å². The van der Waals surface area contributed by atoms with Gasteiger partial charge in [0.1, 0.15) is 11.6 Å². The van der Waals surface area contributed by atoms with Crippen molar-refractivity contribution in [2.75, 3.05) is 11.4 Å². The van der Waals surface area contributed by atoms with Gasteiger partial charge in [-0.3, -0.25) is 4.79 Å². The van der Waals surface area contributed by atoms with Gasteiger partial charge in [0.05, 0.1) is 27.7 Å². The Hall–Kier alpha value is -2.31. The Morgan fingerprint density at radius 2 is 2.16 bits per heavy atom. The first-order valence-electron chi connectivity index (χ1n) is 7.90. The number of fused-ring (bicyclic) bond motifs is 1. The molecule has 1 aliphatic rings. The van der Waals surface area contributed by atoms with Crippen molar-refractivity contribution in [2.45, 2.75) is 18.9 Å². The molecule has 1 aromatic carbocycles. The number of pyridine rings is 1. The van der Waals surface area contributed by atoms with Crippen molar-refractivity contribution in [1.29, 1.82) is 0 Å². The van der Waals surface area contributed by atoms with Gasteiger partial charge in [-0.15, -0.1) is 0 Å². The molecule has 0 aliphatic carbocycles. The predicted octanol–water partition coefficient (Wildman–Crippen LogP) is 3.71. The molecule has 1 amide bonds. The van der Waals surface area contributed by atoms with Crippen molar-refractivity contribution in [2.24, 2.45) is 5.73 Å². The Morgan fingerprint density at radius 1 is 1.32 bits per heavy atom. The third-order valence-electron chi connectivity index (χ3n) is 4.41. The topological polar surface area (TPSA) is 87.9 Å². The summed E-state index contributed by atoms with van der Waals surface area (Å²) >= 11 is 12.4. The van der Waals surface area contributed by atoms with E-state index >= 15 is 0 Å². The van der Waals surface area contributed by atoms with Crippen LogP contribution in [0, 0.1) is 0 Å². The van der Waals surface area contributed by atoms with Crippen LogP contribution in [0.15, 0.2) is 30.5 Å². The highest BCUT2D eigenvalue weighted by Crippen LogP contribution is 2.38. The van der Waals surface area contributed by atoms with E-state index in [1.54, 1.807) is 6.07 Å². The van der Waals surface area contributed by atoms with E-state index in [2.05, 4.69) is 19.9 Å². The monoisotopic (exact) mass is 375 g/mol. The first-order chi connectivity index (χ1) is 12.0. The first kappa shape index (κ1) is 16.2. The summed E-state index contributed by atoms with van der Waals surface area (Å²) in [4.78, 5) is 25.8. The van der Waals surface area contributed by atoms with Crippen LogP contribution < -0.4 is 10.6 Å². The fourth-order valence-corrected chi connectivity index (χ4v) is 3.69. The van der Waals surface area contributed by atoms with Crippen molar-refractivity contribution >= 4 is 46.0 Å². The number of halogens is 2. The zero-order valence-electron chi connectivity index (χ0n) is 13.2. The number of primary amides is 1. The second-order valence-corrected chi connectivity index (χ2v) is 6.87. The summed E-state index contributed by atoms with van der Waals surface area (Å²) in [6, 6.07) is 7.17. The van der Waals surface area contributed by atoms with Crippen LogP contribution in [0.3, 0.4) is 0 Å². The maximum absolute atomic E-state index is 11.3. The van der Waals surface area contributed by atoms with Crippen LogP contribution in [0.4, 0.5) is 5.82 Å². The van der Waals surface area contributed by atoms with Crippen LogP contribution in [0.1, 0.15) is 35.1 Å². The van der Waals surface area contributed by atoms with Gasteiger partial charge in [-0.1, -0.05) is 23.2 Å². The zero-order valence-corrected chi connectivity index (χ0v) is 14.7. The minimum atomic E-state index is -0.548. The molecule has 3 N–H and O–H groups in total. The lowest BCUT2D eigenvalue weighted by Gasteiger charge is -2.25. The van der Waals surface area contributed by atoms with Crippen molar-refractivity contribution in [3.63, 3.8) is 0 Å². The lowest BCUT2D eigenvalue weighted by molar-refractivity contribution is 0.1000. The lowest BCUT2D eigenvalue weighted by Crippen LogP contribution is -2.25. The number of H-pyrrole nitrogens is 1. The number of aromatic amines is 1. The Kier molecular flexibility index (Phi) is 4.01. The number of nitrogens with zero attached hydrogens (tertiary/aromatic N) is 3. The van der Waals surface area contributed by atoms with Crippen LogP contribution in [0.2, 0.25) is 10.0 Å². The van der Waals surface area contributed by atoms with Crippen LogP contribution in [-0.4, -0.2) is 27.4 Å². The number of hydrogen-bond acceptors (Lipinski definition) is 4. The van der Waals surface area contributed by atoms with E-state index in [0.717, 1.165) is 36.2 Å². The normalized spacial score (nSPS) is 17.4. The number of benzene rings is 1. The zero-order chi connectivity index (χ0) is 17.6. The standard InChI is InChI=1S/C17H15Cl2N5O/c18-10-3-4-12-13(7-10)23-16(22-12)14-2-1-5-24(14)17-11(19)6-9(8-21-17)15(20)25/h3-4,6-8,14H,1-2,5H2,(H2,20,25)(H,22,23). The molecule has 3 heterocycles. The number of imidazole rings is 1. The third kappa shape index (κ3) is 2.92. The minimum absolute atomic E-state index is 0.0376. The fourth-order valence-electron chi connectivity index (χ4n) is 3.24. The summed E-state index contributed by atoms with van der Waals surface area (Å²) in [5, 5.41) is 1.07. The van der Waals surface area contributed by atoms with E-state index in [4.69, 9.17) is 28.9 Å². The molecule has 128 valence electrons. The third-order valence-corrected chi connectivity index (χ3v) is 4.92. The first-order valence-corrected chi connectivity index (χ1v) is 8.65. The number of carbonyl (C=O) groups is 1. The van der Waals surface area contributed by atoms with E-state index in [-0.39, 0.29) is 6.04 Å². The Bertz CT molecular complexity index is 971. The Morgan fingerprint density at radius 3 is 2.92 bits per heavy atom. The van der Waals surface area contributed by atoms with Crippen LogP contribution in [0.25, 0.3) is 11.0 Å². The highest BCUT2D eigenvalue weighted by Gasteiger charge is 2.31. The van der Waals surface area contributed by atoms with E-state index in [9.17, 15) is 4.79 Å². The molecule has 4 rings (SSSR count). The Labute approximate surface area is 154 Å². The molecular weight excluding hydrogens is 361 g/mol. The molecule has 1 fully saturated rings. The van der Waals surface area contributed by atoms with E-state index in [1.807, 2.05) is 18.2 Å². The van der Waals surface area contributed by atoms with E-state index in [1.165, 1.54) is 6.20 Å². The van der Waals surface area contributed by atoms with Crippen molar-refractivity contribution in [3.05, 3.63) is 51.9 Å². The molecule has 25 heavy (non-hydrogen) atoms. The van der Waals surface area contributed by atoms with Gasteiger partial charge in [-0.05, 0) is 37.1 Å². The number of rotatable bonds is 3. The van der Waals surface area contributed by atoms with Gasteiger partial charge in [0.2, 0.25) is 5.91 Å². The van der Waals surface area contributed by atoms with Crippen molar-refractivity contribution < 1.29 is 4.79 Å². The number of anilines is 1. The molecule has 1 aliphatic heterocycles. The number of nitrogens with one attached hydrogen (secondary N) is 1. The molecule has 0 spiro atoms. The molecule has 0 bridgehead atoms. The maximum atomic E-state index is 11.3. The quantitative estimate of drug-likeness (QED) is 0.730. The smallest absolute Gasteiger partial charge is 0.250 e. The van der Waals surface area contributed by atoms with Gasteiger partial charge >= 0.3 is 0 Å². The molecule has 2 aromatic heterocycles. The highest BCUT2D eigenvalue weighted by atomic mass is 35.5. The maximum Gasteiger partial charge on any atom is 0.250 e. The number of amides is 1. The Balaban J connectivity index is 1.71. The molecule has 0 radical (unpaired) electrons. The van der Waals surface area contributed by atoms with Gasteiger partial charge in [-0.2, -0.15) is 0 Å². The molecular formula is C17H15Cl2N5O. The molecule has 3 aromatic rings. The average Bonchev–Trinajstić information content (AvgIpc) is 3.20. The summed E-state index contributed by atoms with van der Waals surface area (Å²) in [7, 11) is 0.